The van der Waals surface area contributed by atoms with Crippen molar-refractivity contribution in [2.24, 2.45) is 5.73 Å². The highest BCUT2D eigenvalue weighted by atomic mass is 32.2. The minimum Gasteiger partial charge on any atom is -0.393 e. The molecular formula is C9H9N3OS3. The van der Waals surface area contributed by atoms with E-state index in [2.05, 4.69) is 9.97 Å². The monoisotopic (exact) mass is 271 g/mol. The summed E-state index contributed by atoms with van der Waals surface area (Å²) < 4.78 is 0. The maximum absolute atomic E-state index is 11.7. The minimum absolute atomic E-state index is 0.111. The third-order valence-corrected chi connectivity index (χ3v) is 4.05. The molecule has 0 saturated carbocycles. The van der Waals surface area contributed by atoms with Crippen LogP contribution in [-0.4, -0.2) is 20.7 Å². The predicted molar refractivity (Wildman–Crippen MR) is 72.5 cm³/mol. The van der Waals surface area contributed by atoms with E-state index in [1.54, 1.807) is 0 Å². The molecule has 0 unspecified atom stereocenters. The Balaban J connectivity index is 2.41. The summed E-state index contributed by atoms with van der Waals surface area (Å²) >= 11 is 7.61. The lowest BCUT2D eigenvalue weighted by Gasteiger charge is -1.98. The summed E-state index contributed by atoms with van der Waals surface area (Å²) in [7, 11) is 0. The molecule has 2 aromatic heterocycles. The van der Waals surface area contributed by atoms with Crippen LogP contribution in [0.3, 0.4) is 0 Å². The second-order valence-electron chi connectivity index (χ2n) is 3.20. The van der Waals surface area contributed by atoms with Gasteiger partial charge in [-0.3, -0.25) is 4.79 Å². The molecular weight excluding hydrogens is 262 g/mol. The Hall–Kier alpha value is -0.920. The van der Waals surface area contributed by atoms with Gasteiger partial charge in [-0.15, -0.1) is 11.3 Å². The molecule has 0 aliphatic carbocycles. The molecule has 2 heterocycles. The number of thiocarbonyl (C=S) groups is 1. The number of aryl methyl sites for hydroxylation is 1. The molecule has 0 radical (unpaired) electrons. The summed E-state index contributed by atoms with van der Waals surface area (Å²) in [6.45, 7) is 1.95. The highest BCUT2D eigenvalue weighted by molar-refractivity contribution is 8.00. The SMILES string of the molecule is Cc1cc2c(=O)[nH]c(SCC(N)=S)nc2s1. The molecule has 0 aliphatic heterocycles. The Morgan fingerprint density at radius 1 is 1.75 bits per heavy atom. The first-order valence-electron chi connectivity index (χ1n) is 4.48. The third-order valence-electron chi connectivity index (χ3n) is 1.85. The van der Waals surface area contributed by atoms with Crippen LogP contribution in [-0.2, 0) is 0 Å². The van der Waals surface area contributed by atoms with E-state index in [4.69, 9.17) is 18.0 Å². The van der Waals surface area contributed by atoms with E-state index in [0.717, 1.165) is 9.71 Å². The van der Waals surface area contributed by atoms with Crippen molar-refractivity contribution in [2.75, 3.05) is 5.75 Å². The number of hydrogen-bond acceptors (Lipinski definition) is 5. The molecule has 0 bridgehead atoms. The van der Waals surface area contributed by atoms with Crippen molar-refractivity contribution in [2.45, 2.75) is 12.1 Å². The number of aromatic nitrogens is 2. The van der Waals surface area contributed by atoms with Crippen LogP contribution in [0, 0.1) is 6.92 Å². The zero-order valence-corrected chi connectivity index (χ0v) is 10.9. The van der Waals surface area contributed by atoms with E-state index in [-0.39, 0.29) is 5.56 Å². The summed E-state index contributed by atoms with van der Waals surface area (Å²) in [5.74, 6) is 0.480. The first kappa shape index (κ1) is 11.6. The van der Waals surface area contributed by atoms with Gasteiger partial charge in [0.15, 0.2) is 5.16 Å². The van der Waals surface area contributed by atoms with Crippen LogP contribution in [0.4, 0.5) is 0 Å². The van der Waals surface area contributed by atoms with Gasteiger partial charge in [0.2, 0.25) is 0 Å². The van der Waals surface area contributed by atoms with Crippen molar-refractivity contribution >= 4 is 50.5 Å². The molecule has 0 saturated heterocycles. The van der Waals surface area contributed by atoms with Crippen LogP contribution < -0.4 is 11.3 Å². The van der Waals surface area contributed by atoms with Gasteiger partial charge in [0.05, 0.1) is 16.1 Å². The second-order valence-corrected chi connectivity index (χ2v) is 5.93. The number of thioether (sulfide) groups is 1. The minimum atomic E-state index is -0.111. The quantitative estimate of drug-likeness (QED) is 0.505. The van der Waals surface area contributed by atoms with Crippen molar-refractivity contribution in [1.82, 2.24) is 9.97 Å². The van der Waals surface area contributed by atoms with E-state index in [9.17, 15) is 4.79 Å². The fraction of sp³-hybridized carbons (Fsp3) is 0.222. The molecule has 2 aromatic rings. The summed E-state index contributed by atoms with van der Waals surface area (Å²) in [5, 5.41) is 1.20. The fourth-order valence-corrected chi connectivity index (χ4v) is 2.95. The average Bonchev–Trinajstić information content (AvgIpc) is 2.56. The van der Waals surface area contributed by atoms with Crippen molar-refractivity contribution in [3.05, 3.63) is 21.3 Å². The van der Waals surface area contributed by atoms with Crippen LogP contribution >= 0.6 is 35.3 Å². The number of nitrogens with one attached hydrogen (secondary N) is 1. The summed E-state index contributed by atoms with van der Waals surface area (Å²) in [6.07, 6.45) is 0. The molecule has 0 spiro atoms. The van der Waals surface area contributed by atoms with Gasteiger partial charge in [-0.2, -0.15) is 0 Å². The smallest absolute Gasteiger partial charge is 0.260 e. The van der Waals surface area contributed by atoms with E-state index in [1.165, 1.54) is 23.1 Å². The summed E-state index contributed by atoms with van der Waals surface area (Å²) in [6, 6.07) is 1.84. The standard InChI is InChI=1S/C9H9N3OS3/c1-4-2-5-7(13)11-9(12-8(5)16-4)15-3-6(10)14/h2H,3H2,1H3,(H2,10,14)(H,11,12,13). The van der Waals surface area contributed by atoms with Crippen LogP contribution in [0.5, 0.6) is 0 Å². The molecule has 0 aromatic carbocycles. The van der Waals surface area contributed by atoms with Gasteiger partial charge >= 0.3 is 0 Å². The average molecular weight is 271 g/mol. The number of fused-ring (bicyclic) bond motifs is 1. The number of hydrogen-bond donors (Lipinski definition) is 2. The lowest BCUT2D eigenvalue weighted by molar-refractivity contribution is 0.983. The van der Waals surface area contributed by atoms with Crippen molar-refractivity contribution in [1.29, 1.82) is 0 Å². The molecule has 3 N–H and O–H groups in total. The Morgan fingerprint density at radius 3 is 3.19 bits per heavy atom. The molecule has 84 valence electrons. The second kappa shape index (κ2) is 4.52. The largest absolute Gasteiger partial charge is 0.393 e. The molecule has 0 aliphatic rings. The van der Waals surface area contributed by atoms with Gasteiger partial charge in [0.1, 0.15) is 4.83 Å². The molecule has 4 nitrogen and oxygen atoms in total. The number of rotatable bonds is 3. The molecule has 7 heteroatoms. The first-order chi connectivity index (χ1) is 7.56. The molecule has 16 heavy (non-hydrogen) atoms. The highest BCUT2D eigenvalue weighted by Gasteiger charge is 2.07. The topological polar surface area (TPSA) is 71.8 Å². The fourth-order valence-electron chi connectivity index (χ4n) is 1.24. The predicted octanol–water partition coefficient (Wildman–Crippen LogP) is 1.67. The maximum Gasteiger partial charge on any atom is 0.260 e. The van der Waals surface area contributed by atoms with E-state index in [0.29, 0.717) is 21.3 Å². The van der Waals surface area contributed by atoms with Crippen LogP contribution in [0.2, 0.25) is 0 Å². The molecule has 2 rings (SSSR count). The van der Waals surface area contributed by atoms with Crippen molar-refractivity contribution in [3.63, 3.8) is 0 Å². The molecule has 0 fully saturated rings. The number of H-pyrrole nitrogens is 1. The Morgan fingerprint density at radius 2 is 2.50 bits per heavy atom. The third kappa shape index (κ3) is 2.42. The summed E-state index contributed by atoms with van der Waals surface area (Å²) in [4.78, 5) is 21.0. The van der Waals surface area contributed by atoms with Gasteiger partial charge in [-0.1, -0.05) is 24.0 Å². The van der Waals surface area contributed by atoms with Crippen LogP contribution in [0.1, 0.15) is 4.88 Å². The van der Waals surface area contributed by atoms with Crippen LogP contribution in [0.15, 0.2) is 16.0 Å². The van der Waals surface area contributed by atoms with Crippen molar-refractivity contribution < 1.29 is 0 Å². The highest BCUT2D eigenvalue weighted by Crippen LogP contribution is 2.22. The molecule has 0 atom stereocenters. The van der Waals surface area contributed by atoms with E-state index >= 15 is 0 Å². The number of thiophene rings is 1. The molecule has 0 amide bonds. The maximum atomic E-state index is 11.7. The van der Waals surface area contributed by atoms with Gasteiger partial charge in [-0.25, -0.2) is 4.98 Å². The lowest BCUT2D eigenvalue weighted by Crippen LogP contribution is -2.12. The summed E-state index contributed by atoms with van der Waals surface area (Å²) in [5.41, 5.74) is 5.28. The Kier molecular flexibility index (Phi) is 3.27. The number of aromatic amines is 1. The Bertz CT molecular complexity index is 602. The van der Waals surface area contributed by atoms with Gasteiger partial charge in [-0.05, 0) is 13.0 Å². The zero-order chi connectivity index (χ0) is 11.7. The van der Waals surface area contributed by atoms with E-state index in [1.807, 2.05) is 13.0 Å². The lowest BCUT2D eigenvalue weighted by atomic mass is 10.4. The van der Waals surface area contributed by atoms with Gasteiger partial charge in [0.25, 0.3) is 5.56 Å². The van der Waals surface area contributed by atoms with E-state index < -0.39 is 0 Å². The Labute approximate surface area is 105 Å². The first-order valence-corrected chi connectivity index (χ1v) is 6.69. The normalized spacial score (nSPS) is 10.8. The van der Waals surface area contributed by atoms with Crippen molar-refractivity contribution in [3.8, 4) is 0 Å². The van der Waals surface area contributed by atoms with Gasteiger partial charge in [0, 0.05) is 4.88 Å². The zero-order valence-electron chi connectivity index (χ0n) is 8.44. The van der Waals surface area contributed by atoms with Gasteiger partial charge < -0.3 is 10.7 Å². The van der Waals surface area contributed by atoms with Crippen LogP contribution in [0.25, 0.3) is 10.2 Å². The number of nitrogens with zero attached hydrogens (tertiary/aromatic N) is 1. The number of nitrogens with two attached hydrogens (primary N) is 1.